The molecule has 0 N–H and O–H groups in total. The number of carbonyl (C=O) groups excluding carboxylic acids is 1. The Hall–Kier alpha value is -1.51. The van der Waals surface area contributed by atoms with Crippen LogP contribution in [-0.2, 0) is 0 Å². The molecule has 0 atom stereocenters. The third-order valence-corrected chi connectivity index (χ3v) is 7.73. The molecular formula is C21H19BrClN3OS2. The third-order valence-electron chi connectivity index (χ3n) is 4.53. The summed E-state index contributed by atoms with van der Waals surface area (Å²) in [6, 6.07) is 13.8. The fourth-order valence-corrected chi connectivity index (χ4v) is 6.11. The minimum Gasteiger partial charge on any atom is -0.309 e. The van der Waals surface area contributed by atoms with Gasteiger partial charge in [-0.3, -0.25) is 9.69 Å². The van der Waals surface area contributed by atoms with Crippen LogP contribution in [0.2, 0.25) is 5.02 Å². The van der Waals surface area contributed by atoms with Crippen LogP contribution in [0.25, 0.3) is 20.3 Å². The molecule has 29 heavy (non-hydrogen) atoms. The normalized spacial score (nSPS) is 11.6. The fourth-order valence-electron chi connectivity index (χ4n) is 3.11. The lowest BCUT2D eigenvalue weighted by molar-refractivity contribution is 0.0990. The van der Waals surface area contributed by atoms with Gasteiger partial charge in [0.2, 0.25) is 0 Å². The van der Waals surface area contributed by atoms with E-state index >= 15 is 0 Å². The Bertz CT molecular complexity index is 1190. The molecule has 0 spiro atoms. The zero-order valence-electron chi connectivity index (χ0n) is 16.0. The standard InChI is InChI=1S/C21H19BrClN3OS2/c1-25(2)10-5-11-26(21-24-15-9-8-13(22)12-17(15)29-21)20(27)19-18(23)14-6-3-4-7-16(14)28-19/h3-4,6-9,12H,5,10-11H2,1-2H3. The highest BCUT2D eigenvalue weighted by atomic mass is 79.9. The van der Waals surface area contributed by atoms with Gasteiger partial charge in [-0.25, -0.2) is 4.98 Å². The molecule has 2 heterocycles. The van der Waals surface area contributed by atoms with Gasteiger partial charge in [0.25, 0.3) is 5.91 Å². The number of anilines is 1. The second-order valence-corrected chi connectivity index (χ2v) is 10.3. The highest BCUT2D eigenvalue weighted by Gasteiger charge is 2.26. The van der Waals surface area contributed by atoms with Crippen molar-refractivity contribution in [3.05, 3.63) is 56.8 Å². The van der Waals surface area contributed by atoms with Crippen LogP contribution in [0.5, 0.6) is 0 Å². The molecule has 4 nitrogen and oxygen atoms in total. The quantitative estimate of drug-likeness (QED) is 0.297. The van der Waals surface area contributed by atoms with E-state index in [-0.39, 0.29) is 5.91 Å². The molecule has 0 bridgehead atoms. The molecule has 0 aliphatic rings. The van der Waals surface area contributed by atoms with E-state index in [0.29, 0.717) is 21.6 Å². The topological polar surface area (TPSA) is 36.4 Å². The average molecular weight is 509 g/mol. The smallest absolute Gasteiger partial charge is 0.271 e. The summed E-state index contributed by atoms with van der Waals surface area (Å²) in [4.78, 5) is 22.7. The summed E-state index contributed by atoms with van der Waals surface area (Å²) in [5.74, 6) is -0.0897. The van der Waals surface area contributed by atoms with Crippen LogP contribution in [0, 0.1) is 0 Å². The van der Waals surface area contributed by atoms with Crippen molar-refractivity contribution >= 4 is 81.5 Å². The number of benzene rings is 2. The Morgan fingerprint density at radius 1 is 1.10 bits per heavy atom. The maximum atomic E-state index is 13.6. The van der Waals surface area contributed by atoms with Crippen LogP contribution in [0.1, 0.15) is 16.1 Å². The lowest BCUT2D eigenvalue weighted by Gasteiger charge is -2.20. The largest absolute Gasteiger partial charge is 0.309 e. The molecular weight excluding hydrogens is 490 g/mol. The van der Waals surface area contributed by atoms with E-state index in [2.05, 4.69) is 20.8 Å². The summed E-state index contributed by atoms with van der Waals surface area (Å²) in [6.45, 7) is 1.48. The van der Waals surface area contributed by atoms with Crippen LogP contribution >= 0.6 is 50.2 Å². The Morgan fingerprint density at radius 2 is 1.90 bits per heavy atom. The zero-order chi connectivity index (χ0) is 20.5. The molecule has 0 aliphatic carbocycles. The van der Waals surface area contributed by atoms with Gasteiger partial charge in [-0.15, -0.1) is 11.3 Å². The van der Waals surface area contributed by atoms with Gasteiger partial charge in [0.15, 0.2) is 5.13 Å². The van der Waals surface area contributed by atoms with Crippen molar-refractivity contribution in [1.82, 2.24) is 9.88 Å². The molecule has 0 fully saturated rings. The molecule has 0 aliphatic heterocycles. The average Bonchev–Trinajstić information content (AvgIpc) is 3.25. The molecule has 0 saturated carbocycles. The van der Waals surface area contributed by atoms with Crippen molar-refractivity contribution in [1.29, 1.82) is 0 Å². The Balaban J connectivity index is 1.73. The zero-order valence-corrected chi connectivity index (χ0v) is 20.0. The van der Waals surface area contributed by atoms with E-state index in [1.807, 2.05) is 56.6 Å². The Morgan fingerprint density at radius 3 is 2.66 bits per heavy atom. The molecule has 0 saturated heterocycles. The molecule has 2 aromatic carbocycles. The van der Waals surface area contributed by atoms with Gasteiger partial charge in [0.05, 0.1) is 15.2 Å². The van der Waals surface area contributed by atoms with Gasteiger partial charge in [0.1, 0.15) is 4.88 Å². The molecule has 2 aromatic heterocycles. The van der Waals surface area contributed by atoms with Crippen LogP contribution in [-0.4, -0.2) is 43.0 Å². The van der Waals surface area contributed by atoms with Crippen LogP contribution in [0.15, 0.2) is 46.9 Å². The van der Waals surface area contributed by atoms with E-state index < -0.39 is 0 Å². The summed E-state index contributed by atoms with van der Waals surface area (Å²) < 4.78 is 3.06. The lowest BCUT2D eigenvalue weighted by Crippen LogP contribution is -2.33. The fraction of sp³-hybridized carbons (Fsp3) is 0.238. The van der Waals surface area contributed by atoms with Gasteiger partial charge < -0.3 is 4.90 Å². The van der Waals surface area contributed by atoms with Crippen molar-refractivity contribution in [3.8, 4) is 0 Å². The minimum absolute atomic E-state index is 0.0897. The summed E-state index contributed by atoms with van der Waals surface area (Å²) in [5, 5.41) is 2.15. The second kappa shape index (κ2) is 8.70. The first-order valence-electron chi connectivity index (χ1n) is 9.14. The van der Waals surface area contributed by atoms with Crippen molar-refractivity contribution in [2.24, 2.45) is 0 Å². The second-order valence-electron chi connectivity index (χ2n) is 6.96. The first-order valence-corrected chi connectivity index (χ1v) is 11.9. The predicted molar refractivity (Wildman–Crippen MR) is 129 cm³/mol. The molecule has 4 aromatic rings. The summed E-state index contributed by atoms with van der Waals surface area (Å²) >= 11 is 13.1. The van der Waals surface area contributed by atoms with E-state index in [1.54, 1.807) is 4.90 Å². The molecule has 0 radical (unpaired) electrons. The van der Waals surface area contributed by atoms with Gasteiger partial charge in [0, 0.05) is 21.1 Å². The molecule has 1 amide bonds. The molecule has 8 heteroatoms. The number of amides is 1. The number of thiophene rings is 1. The third kappa shape index (κ3) is 4.34. The number of nitrogens with zero attached hydrogens (tertiary/aromatic N) is 3. The number of fused-ring (bicyclic) bond motifs is 2. The maximum absolute atomic E-state index is 13.6. The number of carbonyl (C=O) groups is 1. The van der Waals surface area contributed by atoms with E-state index in [9.17, 15) is 4.79 Å². The van der Waals surface area contributed by atoms with E-state index in [1.165, 1.54) is 22.7 Å². The van der Waals surface area contributed by atoms with Crippen LogP contribution < -0.4 is 4.90 Å². The van der Waals surface area contributed by atoms with Gasteiger partial charge in [-0.2, -0.15) is 0 Å². The number of hydrogen-bond donors (Lipinski definition) is 0. The van der Waals surface area contributed by atoms with Crippen LogP contribution in [0.4, 0.5) is 5.13 Å². The number of thiazole rings is 1. The SMILES string of the molecule is CN(C)CCCN(C(=O)c1sc2ccccc2c1Cl)c1nc2ccc(Br)cc2s1. The molecule has 0 unspecified atom stereocenters. The first-order chi connectivity index (χ1) is 13.9. The number of hydrogen-bond acceptors (Lipinski definition) is 5. The number of rotatable bonds is 6. The first kappa shape index (κ1) is 20.8. The summed E-state index contributed by atoms with van der Waals surface area (Å²) in [6.07, 6.45) is 0.848. The highest BCUT2D eigenvalue weighted by molar-refractivity contribution is 9.10. The van der Waals surface area contributed by atoms with Crippen molar-refractivity contribution in [3.63, 3.8) is 0 Å². The van der Waals surface area contributed by atoms with Crippen molar-refractivity contribution < 1.29 is 4.79 Å². The summed E-state index contributed by atoms with van der Waals surface area (Å²) in [5.41, 5.74) is 0.890. The number of aromatic nitrogens is 1. The van der Waals surface area contributed by atoms with Crippen LogP contribution in [0.3, 0.4) is 0 Å². The van der Waals surface area contributed by atoms with Gasteiger partial charge in [-0.05, 0) is 51.3 Å². The maximum Gasteiger partial charge on any atom is 0.271 e. The highest BCUT2D eigenvalue weighted by Crippen LogP contribution is 2.38. The molecule has 150 valence electrons. The number of halogens is 2. The summed E-state index contributed by atoms with van der Waals surface area (Å²) in [7, 11) is 4.06. The minimum atomic E-state index is -0.0897. The Kier molecular flexibility index (Phi) is 6.22. The van der Waals surface area contributed by atoms with E-state index in [0.717, 1.165) is 37.7 Å². The predicted octanol–water partition coefficient (Wildman–Crippen LogP) is 6.53. The van der Waals surface area contributed by atoms with Gasteiger partial charge >= 0.3 is 0 Å². The van der Waals surface area contributed by atoms with E-state index in [4.69, 9.17) is 16.6 Å². The lowest BCUT2D eigenvalue weighted by atomic mass is 10.2. The monoisotopic (exact) mass is 507 g/mol. The molecule has 4 rings (SSSR count). The Labute approximate surface area is 190 Å². The van der Waals surface area contributed by atoms with Gasteiger partial charge in [-0.1, -0.05) is 57.1 Å². The van der Waals surface area contributed by atoms with Crippen molar-refractivity contribution in [2.75, 3.05) is 32.1 Å². The van der Waals surface area contributed by atoms with Crippen molar-refractivity contribution in [2.45, 2.75) is 6.42 Å².